The second kappa shape index (κ2) is 6.46. The molecule has 2 spiro atoms. The summed E-state index contributed by atoms with van der Waals surface area (Å²) in [6, 6.07) is 12.5. The van der Waals surface area contributed by atoms with Crippen molar-refractivity contribution in [3.05, 3.63) is 58.1 Å². The van der Waals surface area contributed by atoms with Crippen LogP contribution in [0.5, 0.6) is 0 Å². The Labute approximate surface area is 401 Å². The molecule has 0 amide bonds. The lowest BCUT2D eigenvalue weighted by Crippen LogP contribution is -2.55. The van der Waals surface area contributed by atoms with Gasteiger partial charge in [0.25, 0.3) is 0 Å². The maximum absolute atomic E-state index is 4.92. The molecule has 310 valence electrons. The van der Waals surface area contributed by atoms with E-state index in [2.05, 4.69) is 44.2 Å². The summed E-state index contributed by atoms with van der Waals surface area (Å²) in [6.07, 6.45) is 1.16. The standard InChI is InChI=1S/C72H17N/c1-9(2)8-11-71-66-58-50-40-30-22-14-12-13-16-20-18(14)26-34-28(20)38-32-24(16)25-17(13)21-19-15(12)23(22)31-37-27(19)35-29(21)39-33(25)43-42(32)52-46(38)56-48(34)54(44(50)36(26)30)60(66)62(56)68-64(52)65-53(43)47(39)57-49(35)55-45(37)51(41(31)40)59(58)67(71)61(55)63(57)69(65)72(68,71)70(73-11)10-6-4-3-5-7-10/h3-7,9,11,70,73H,8H2,1-2H3. The van der Waals surface area contributed by atoms with Crippen LogP contribution in [0.25, 0.3) is 291 Å². The minimum atomic E-state index is -0.334. The van der Waals surface area contributed by atoms with Gasteiger partial charge in [-0.3, -0.25) is 0 Å². The molecule has 1 fully saturated rings. The van der Waals surface area contributed by atoms with Crippen LogP contribution in [-0.4, -0.2) is 6.04 Å². The zero-order valence-electron chi connectivity index (χ0n) is 38.3. The van der Waals surface area contributed by atoms with Gasteiger partial charge < -0.3 is 5.32 Å². The van der Waals surface area contributed by atoms with Gasteiger partial charge in [-0.25, -0.2) is 0 Å². The van der Waals surface area contributed by atoms with Crippen LogP contribution in [0.1, 0.15) is 54.1 Å². The summed E-state index contributed by atoms with van der Waals surface area (Å²) in [4.78, 5) is 0. The molecular weight excluding hydrogens is 879 g/mol. The van der Waals surface area contributed by atoms with Crippen molar-refractivity contribution in [2.75, 3.05) is 0 Å². The van der Waals surface area contributed by atoms with Crippen molar-refractivity contribution in [2.45, 2.75) is 43.2 Å². The normalized spacial score (nSPS) is 24.3. The van der Waals surface area contributed by atoms with E-state index < -0.39 is 0 Å². The van der Waals surface area contributed by atoms with Crippen molar-refractivity contribution in [3.8, 4) is 0 Å². The van der Waals surface area contributed by atoms with Crippen LogP contribution in [0.3, 0.4) is 0 Å². The molecule has 1 N–H and O–H groups in total. The van der Waals surface area contributed by atoms with Gasteiger partial charge >= 0.3 is 0 Å². The Bertz CT molecular complexity index is 7250. The fourth-order valence-corrected chi connectivity index (χ4v) is 26.7. The highest BCUT2D eigenvalue weighted by Gasteiger charge is 2.77. The number of hydrogen-bond donors (Lipinski definition) is 1. The molecule has 1 saturated heterocycles. The van der Waals surface area contributed by atoms with Crippen molar-refractivity contribution in [1.29, 1.82) is 0 Å². The first-order valence-corrected chi connectivity index (χ1v) is 27.8. The highest BCUT2D eigenvalue weighted by Crippen LogP contribution is 2.87. The molecule has 1 heteroatoms. The summed E-state index contributed by atoms with van der Waals surface area (Å²) in [7, 11) is 0. The van der Waals surface area contributed by atoms with Crippen molar-refractivity contribution >= 4 is 291 Å². The lowest BCUT2D eigenvalue weighted by molar-refractivity contribution is 0.308. The molecule has 4 aliphatic carbocycles. The van der Waals surface area contributed by atoms with E-state index in [9.17, 15) is 0 Å². The Hall–Kier alpha value is -8.36. The van der Waals surface area contributed by atoms with Gasteiger partial charge in [-0.2, -0.15) is 0 Å². The molecule has 2 unspecified atom stereocenters. The average Bonchev–Trinajstić information content (AvgIpc) is 4.34. The van der Waals surface area contributed by atoms with Gasteiger partial charge in [-0.15, -0.1) is 0 Å². The molecule has 73 heavy (non-hydrogen) atoms. The highest BCUT2D eigenvalue weighted by molar-refractivity contribution is 6.82. The molecule has 29 aromatic carbocycles. The second-order valence-corrected chi connectivity index (χ2v) is 27.6. The molecule has 0 saturated carbocycles. The van der Waals surface area contributed by atoms with Crippen molar-refractivity contribution in [3.63, 3.8) is 0 Å². The Morgan fingerprint density at radius 1 is 0.274 bits per heavy atom. The van der Waals surface area contributed by atoms with Crippen molar-refractivity contribution in [1.82, 2.24) is 5.32 Å². The Kier molecular flexibility index (Phi) is 2.48. The van der Waals surface area contributed by atoms with Gasteiger partial charge in [0.15, 0.2) is 0 Å². The molecule has 1 nitrogen and oxygen atoms in total. The van der Waals surface area contributed by atoms with E-state index in [1.165, 1.54) is 5.56 Å². The Morgan fingerprint density at radius 2 is 0.466 bits per heavy atom. The first kappa shape index (κ1) is 28.0. The lowest BCUT2D eigenvalue weighted by atomic mass is 9.45. The summed E-state index contributed by atoms with van der Waals surface area (Å²) in [5.74, 6) is 0.534. The van der Waals surface area contributed by atoms with Crippen LogP contribution in [-0.2, 0) is 10.8 Å². The van der Waals surface area contributed by atoms with Crippen molar-refractivity contribution < 1.29 is 0 Å². The second-order valence-electron chi connectivity index (χ2n) is 27.6. The monoisotopic (exact) mass is 895 g/mol. The third-order valence-corrected chi connectivity index (χ3v) is 26.6. The summed E-state index contributed by atoms with van der Waals surface area (Å²) in [5.41, 5.74) is 8.00. The van der Waals surface area contributed by atoms with Crippen LogP contribution in [0.15, 0.2) is 30.3 Å². The van der Waals surface area contributed by atoms with Gasteiger partial charge in [0.05, 0.1) is 10.8 Å². The van der Waals surface area contributed by atoms with Gasteiger partial charge in [0, 0.05) is 12.1 Å². The summed E-state index contributed by atoms with van der Waals surface area (Å²) >= 11 is 0. The fraction of sp³-hybridized carbons (Fsp3) is 0.111. The van der Waals surface area contributed by atoms with Crippen molar-refractivity contribution in [2.24, 2.45) is 5.92 Å². The quantitative estimate of drug-likeness (QED) is 0.174. The number of rotatable bonds is 3. The summed E-state index contributed by atoms with van der Waals surface area (Å²) in [6.45, 7) is 5.10. The van der Waals surface area contributed by atoms with Crippen LogP contribution >= 0.6 is 0 Å². The molecule has 1 heterocycles. The number of nitrogens with one attached hydrogen (secondary N) is 1. The molecule has 0 radical (unpaired) electrons. The smallest absolute Gasteiger partial charge is 0.0575 e. The van der Waals surface area contributed by atoms with E-state index >= 15 is 0 Å². The topological polar surface area (TPSA) is 12.0 Å². The Balaban J connectivity index is 1.16. The zero-order valence-corrected chi connectivity index (χ0v) is 38.3. The highest BCUT2D eigenvalue weighted by atomic mass is 15.1. The molecular formula is C72H17N. The maximum Gasteiger partial charge on any atom is 0.0575 e. The number of hydrogen-bond acceptors (Lipinski definition) is 1. The van der Waals surface area contributed by atoms with E-state index in [0.717, 1.165) is 6.42 Å². The maximum atomic E-state index is 4.92. The Morgan fingerprint density at radius 3 is 0.671 bits per heavy atom. The minimum absolute atomic E-state index is 0.119. The molecule has 1 aliphatic heterocycles. The summed E-state index contributed by atoms with van der Waals surface area (Å²) < 4.78 is 0. The fourth-order valence-electron chi connectivity index (χ4n) is 26.7. The van der Waals surface area contributed by atoms with Gasteiger partial charge in [0.1, 0.15) is 0 Å². The molecule has 34 rings (SSSR count). The van der Waals surface area contributed by atoms with E-state index in [0.29, 0.717) is 5.92 Å². The SMILES string of the molecule is CC(C)CC1NC(c2ccccc2)C23c4c5c6c7c8c9c(c%10c%11c2c2c4c4c%12c5c5c6c6c8c8c%13c9c9c%10c%10c%11c%11c2c2c4c4c%12c%12c5c5c6c8c6c8c%13c9c9c%10c%10c%11c2c2c4c4c%12c5c6c5c8c9c%10c2c45)C713. The van der Waals surface area contributed by atoms with Gasteiger partial charge in [0.2, 0.25) is 0 Å². The van der Waals surface area contributed by atoms with Gasteiger partial charge in [-0.05, 0) is 331 Å². The number of benzene rings is 19. The molecule has 2 atom stereocenters. The third kappa shape index (κ3) is 1.54. The first-order chi connectivity index (χ1) is 36.3. The first-order valence-electron chi connectivity index (χ1n) is 27.8. The van der Waals surface area contributed by atoms with Crippen LogP contribution in [0.2, 0.25) is 0 Å². The van der Waals surface area contributed by atoms with Crippen LogP contribution in [0.4, 0.5) is 0 Å². The van der Waals surface area contributed by atoms with E-state index in [1.54, 1.807) is 313 Å². The molecule has 0 aromatic heterocycles. The molecule has 29 aromatic rings. The predicted molar refractivity (Wildman–Crippen MR) is 309 cm³/mol. The lowest BCUT2D eigenvalue weighted by Gasteiger charge is -2.54. The van der Waals surface area contributed by atoms with E-state index in [1.807, 2.05) is 0 Å². The predicted octanol–water partition coefficient (Wildman–Crippen LogP) is 19.1. The summed E-state index contributed by atoms with van der Waals surface area (Å²) in [5, 5.41) is 95.5. The average molecular weight is 896 g/mol. The van der Waals surface area contributed by atoms with Crippen LogP contribution < -0.4 is 5.32 Å². The largest absolute Gasteiger partial charge is 0.305 e. The molecule has 5 aliphatic rings. The molecule has 0 bridgehead atoms. The third-order valence-electron chi connectivity index (χ3n) is 26.6. The van der Waals surface area contributed by atoms with E-state index in [4.69, 9.17) is 5.32 Å². The van der Waals surface area contributed by atoms with Gasteiger partial charge in [-0.1, -0.05) is 44.2 Å². The zero-order chi connectivity index (χ0) is 43.7. The van der Waals surface area contributed by atoms with Crippen LogP contribution in [0, 0.1) is 5.92 Å². The minimum Gasteiger partial charge on any atom is -0.305 e. The van der Waals surface area contributed by atoms with E-state index in [-0.39, 0.29) is 22.9 Å².